The molecule has 0 fully saturated rings. The van der Waals surface area contributed by atoms with Crippen LogP contribution in [0, 0.1) is 26.6 Å². The van der Waals surface area contributed by atoms with Gasteiger partial charge in [0.2, 0.25) is 0 Å². The first-order valence-corrected chi connectivity index (χ1v) is 6.97. The number of halogens is 2. The predicted octanol–water partition coefficient (Wildman–Crippen LogP) is 4.56. The molecule has 0 aliphatic heterocycles. The lowest BCUT2D eigenvalue weighted by Gasteiger charge is -2.20. The highest BCUT2D eigenvalue weighted by atomic mass is 79.9. The molecule has 2 N–H and O–H groups in total. The van der Waals surface area contributed by atoms with E-state index in [1.165, 1.54) is 12.1 Å². The van der Waals surface area contributed by atoms with E-state index in [0.29, 0.717) is 0 Å². The van der Waals surface area contributed by atoms with Gasteiger partial charge in [0.15, 0.2) is 0 Å². The van der Waals surface area contributed by atoms with E-state index in [2.05, 4.69) is 15.9 Å². The molecule has 3 heteroatoms. The number of hydrogen-bond acceptors (Lipinski definition) is 1. The highest BCUT2D eigenvalue weighted by Gasteiger charge is 2.16. The van der Waals surface area contributed by atoms with E-state index in [9.17, 15) is 4.39 Å². The molecule has 1 nitrogen and oxygen atoms in total. The summed E-state index contributed by atoms with van der Waals surface area (Å²) in [4.78, 5) is 0. The number of hydrogen-bond donors (Lipinski definition) is 1. The van der Waals surface area contributed by atoms with Gasteiger partial charge in [0.05, 0.1) is 6.04 Å². The van der Waals surface area contributed by atoms with Crippen LogP contribution in [0.3, 0.4) is 0 Å². The fraction of sp³-hybridized carbons (Fsp3) is 0.250. The normalized spacial score (nSPS) is 12.5. The Kier molecular flexibility index (Phi) is 4.07. The topological polar surface area (TPSA) is 26.0 Å². The first kappa shape index (κ1) is 14.2. The Balaban J connectivity index is 2.53. The minimum absolute atomic E-state index is 0.210. The first-order valence-electron chi connectivity index (χ1n) is 6.18. The summed E-state index contributed by atoms with van der Waals surface area (Å²) in [5.41, 5.74) is 11.4. The lowest BCUT2D eigenvalue weighted by atomic mass is 9.90. The van der Waals surface area contributed by atoms with Crippen molar-refractivity contribution in [3.63, 3.8) is 0 Å². The summed E-state index contributed by atoms with van der Waals surface area (Å²) < 4.78 is 14.4. The highest BCUT2D eigenvalue weighted by molar-refractivity contribution is 9.10. The third-order valence-electron chi connectivity index (χ3n) is 3.44. The number of aryl methyl sites for hydroxylation is 3. The zero-order valence-electron chi connectivity index (χ0n) is 11.3. The molecule has 1 unspecified atom stereocenters. The van der Waals surface area contributed by atoms with Crippen molar-refractivity contribution >= 4 is 15.9 Å². The van der Waals surface area contributed by atoms with Gasteiger partial charge in [0.1, 0.15) is 5.82 Å². The van der Waals surface area contributed by atoms with Crippen molar-refractivity contribution in [2.45, 2.75) is 26.8 Å². The van der Waals surface area contributed by atoms with Crippen LogP contribution in [0.5, 0.6) is 0 Å². The van der Waals surface area contributed by atoms with Crippen molar-refractivity contribution in [3.05, 3.63) is 68.4 Å². The van der Waals surface area contributed by atoms with Gasteiger partial charge in [-0.1, -0.05) is 22.0 Å². The van der Waals surface area contributed by atoms with E-state index in [4.69, 9.17) is 5.73 Å². The molecule has 2 aromatic carbocycles. The zero-order valence-corrected chi connectivity index (χ0v) is 12.9. The Morgan fingerprint density at radius 1 is 1.00 bits per heavy atom. The van der Waals surface area contributed by atoms with Crippen LogP contribution >= 0.6 is 15.9 Å². The third kappa shape index (κ3) is 2.88. The quantitative estimate of drug-likeness (QED) is 0.862. The molecular weight excluding hydrogens is 305 g/mol. The Bertz CT molecular complexity index is 599. The summed E-state index contributed by atoms with van der Waals surface area (Å²) in [6.45, 7) is 5.84. The summed E-state index contributed by atoms with van der Waals surface area (Å²) in [7, 11) is 0. The highest BCUT2D eigenvalue weighted by Crippen LogP contribution is 2.29. The summed E-state index contributed by atoms with van der Waals surface area (Å²) in [6.07, 6.45) is 0. The van der Waals surface area contributed by atoms with Crippen molar-refractivity contribution < 1.29 is 4.39 Å². The number of benzene rings is 2. The van der Waals surface area contributed by atoms with Crippen molar-refractivity contribution in [1.82, 2.24) is 0 Å². The maximum Gasteiger partial charge on any atom is 0.123 e. The third-order valence-corrected chi connectivity index (χ3v) is 3.93. The minimum atomic E-state index is -0.228. The van der Waals surface area contributed by atoms with Crippen molar-refractivity contribution in [3.8, 4) is 0 Å². The van der Waals surface area contributed by atoms with Crippen LogP contribution in [0.25, 0.3) is 0 Å². The predicted molar refractivity (Wildman–Crippen MR) is 80.8 cm³/mol. The molecule has 0 aromatic heterocycles. The smallest absolute Gasteiger partial charge is 0.123 e. The fourth-order valence-electron chi connectivity index (χ4n) is 2.56. The SMILES string of the molecule is Cc1cc(Br)ccc1C(N)c1c(C)cc(F)cc1C. The Morgan fingerprint density at radius 3 is 2.11 bits per heavy atom. The van der Waals surface area contributed by atoms with Gasteiger partial charge < -0.3 is 5.73 Å². The van der Waals surface area contributed by atoms with E-state index in [1.54, 1.807) is 0 Å². The lowest BCUT2D eigenvalue weighted by Crippen LogP contribution is -2.16. The van der Waals surface area contributed by atoms with Crippen molar-refractivity contribution in [1.29, 1.82) is 0 Å². The summed E-state index contributed by atoms with van der Waals surface area (Å²) >= 11 is 3.45. The molecule has 0 heterocycles. The van der Waals surface area contributed by atoms with Crippen LogP contribution in [0.15, 0.2) is 34.8 Å². The van der Waals surface area contributed by atoms with E-state index in [1.807, 2.05) is 39.0 Å². The molecule has 100 valence electrons. The molecule has 0 saturated carbocycles. The average Bonchev–Trinajstić information content (AvgIpc) is 2.26. The second-order valence-electron chi connectivity index (χ2n) is 4.93. The van der Waals surface area contributed by atoms with Crippen LogP contribution in [0.1, 0.15) is 33.9 Å². The summed E-state index contributed by atoms with van der Waals surface area (Å²) in [5.74, 6) is -0.210. The second kappa shape index (κ2) is 5.43. The van der Waals surface area contributed by atoms with Gasteiger partial charge in [-0.05, 0) is 72.9 Å². The Hall–Kier alpha value is -1.19. The molecule has 0 bridgehead atoms. The molecular formula is C16H17BrFN. The second-order valence-corrected chi connectivity index (χ2v) is 5.85. The van der Waals surface area contributed by atoms with Crippen LogP contribution in [-0.2, 0) is 0 Å². The monoisotopic (exact) mass is 321 g/mol. The van der Waals surface area contributed by atoms with E-state index in [0.717, 1.165) is 32.3 Å². The number of rotatable bonds is 2. The van der Waals surface area contributed by atoms with Gasteiger partial charge in [-0.2, -0.15) is 0 Å². The average molecular weight is 322 g/mol. The first-order chi connectivity index (χ1) is 8.90. The molecule has 0 radical (unpaired) electrons. The Morgan fingerprint density at radius 2 is 1.58 bits per heavy atom. The van der Waals surface area contributed by atoms with Crippen LogP contribution < -0.4 is 5.73 Å². The summed E-state index contributed by atoms with van der Waals surface area (Å²) in [6, 6.07) is 8.90. The van der Waals surface area contributed by atoms with E-state index >= 15 is 0 Å². The van der Waals surface area contributed by atoms with Gasteiger partial charge in [-0.3, -0.25) is 0 Å². The zero-order chi connectivity index (χ0) is 14.2. The van der Waals surface area contributed by atoms with Crippen molar-refractivity contribution in [2.75, 3.05) is 0 Å². The van der Waals surface area contributed by atoms with Crippen LogP contribution in [0.4, 0.5) is 4.39 Å². The van der Waals surface area contributed by atoms with Crippen LogP contribution in [-0.4, -0.2) is 0 Å². The standard InChI is InChI=1S/C16H17BrFN/c1-9-6-12(17)4-5-14(9)16(19)15-10(2)7-13(18)8-11(15)3/h4-8,16H,19H2,1-3H3. The van der Waals surface area contributed by atoms with Crippen molar-refractivity contribution in [2.24, 2.45) is 5.73 Å². The Labute approximate surface area is 121 Å². The molecule has 0 amide bonds. The lowest BCUT2D eigenvalue weighted by molar-refractivity contribution is 0.623. The molecule has 2 rings (SSSR count). The maximum absolute atomic E-state index is 13.4. The van der Waals surface area contributed by atoms with Gasteiger partial charge in [-0.15, -0.1) is 0 Å². The van der Waals surface area contributed by atoms with Gasteiger partial charge in [0, 0.05) is 4.47 Å². The minimum Gasteiger partial charge on any atom is -0.320 e. The van der Waals surface area contributed by atoms with E-state index < -0.39 is 0 Å². The maximum atomic E-state index is 13.4. The largest absolute Gasteiger partial charge is 0.320 e. The molecule has 1 atom stereocenters. The molecule has 0 spiro atoms. The van der Waals surface area contributed by atoms with Crippen LogP contribution in [0.2, 0.25) is 0 Å². The molecule has 2 aromatic rings. The van der Waals surface area contributed by atoms with Gasteiger partial charge >= 0.3 is 0 Å². The molecule has 0 aliphatic carbocycles. The van der Waals surface area contributed by atoms with Gasteiger partial charge in [0.25, 0.3) is 0 Å². The fourth-order valence-corrected chi connectivity index (χ4v) is 3.03. The van der Waals surface area contributed by atoms with E-state index in [-0.39, 0.29) is 11.9 Å². The van der Waals surface area contributed by atoms with Gasteiger partial charge in [-0.25, -0.2) is 4.39 Å². The molecule has 0 aliphatic rings. The summed E-state index contributed by atoms with van der Waals surface area (Å²) in [5, 5.41) is 0. The molecule has 19 heavy (non-hydrogen) atoms. The number of nitrogens with two attached hydrogens (primary N) is 1. The molecule has 0 saturated heterocycles.